The van der Waals surface area contributed by atoms with Gasteiger partial charge in [0.15, 0.2) is 0 Å². The molecule has 64 valence electrons. The SMILES string of the molecule is C=C(C)c1ccccc1CCO. The fraction of sp³-hybridized carbons (Fsp3) is 0.273. The van der Waals surface area contributed by atoms with E-state index >= 15 is 0 Å². The van der Waals surface area contributed by atoms with Gasteiger partial charge in [-0.3, -0.25) is 0 Å². The Kier molecular flexibility index (Phi) is 3.06. The third-order valence-corrected chi connectivity index (χ3v) is 1.86. The van der Waals surface area contributed by atoms with Crippen molar-refractivity contribution in [2.45, 2.75) is 13.3 Å². The molecule has 0 heterocycles. The van der Waals surface area contributed by atoms with Gasteiger partial charge in [-0.1, -0.05) is 36.4 Å². The number of benzene rings is 1. The van der Waals surface area contributed by atoms with E-state index in [0.717, 1.165) is 11.1 Å². The maximum Gasteiger partial charge on any atom is 0.0471 e. The highest BCUT2D eigenvalue weighted by atomic mass is 16.2. The second-order valence-corrected chi connectivity index (χ2v) is 2.91. The van der Waals surface area contributed by atoms with Crippen LogP contribution in [0.5, 0.6) is 0 Å². The van der Waals surface area contributed by atoms with Gasteiger partial charge in [-0.05, 0) is 24.5 Å². The van der Waals surface area contributed by atoms with Crippen LogP contribution in [-0.4, -0.2) is 11.7 Å². The summed E-state index contributed by atoms with van der Waals surface area (Å²) in [6.07, 6.45) is 0.711. The third kappa shape index (κ3) is 1.95. The van der Waals surface area contributed by atoms with Crippen molar-refractivity contribution in [2.75, 3.05) is 6.61 Å². The molecule has 12 heavy (non-hydrogen) atoms. The molecule has 0 radical (unpaired) electrons. The minimum atomic E-state index is 0.199. The van der Waals surface area contributed by atoms with Crippen LogP contribution >= 0.6 is 0 Å². The summed E-state index contributed by atoms with van der Waals surface area (Å²) in [6.45, 7) is 6.07. The van der Waals surface area contributed by atoms with Crippen molar-refractivity contribution in [3.05, 3.63) is 42.0 Å². The molecule has 0 bridgehead atoms. The molecule has 1 N–H and O–H groups in total. The standard InChI is InChI=1S/C11H14O/c1-9(2)11-6-4-3-5-10(11)7-8-12/h3-6,12H,1,7-8H2,2H3. The van der Waals surface area contributed by atoms with Gasteiger partial charge in [-0.2, -0.15) is 0 Å². The molecule has 0 aliphatic rings. The van der Waals surface area contributed by atoms with Crippen molar-refractivity contribution in [3.8, 4) is 0 Å². The zero-order valence-corrected chi connectivity index (χ0v) is 7.38. The van der Waals surface area contributed by atoms with E-state index in [9.17, 15) is 0 Å². The van der Waals surface area contributed by atoms with Crippen LogP contribution < -0.4 is 0 Å². The van der Waals surface area contributed by atoms with Gasteiger partial charge in [0.1, 0.15) is 0 Å². The molecule has 0 amide bonds. The second kappa shape index (κ2) is 4.07. The maximum atomic E-state index is 8.80. The van der Waals surface area contributed by atoms with E-state index in [1.165, 1.54) is 5.56 Å². The summed E-state index contributed by atoms with van der Waals surface area (Å²) >= 11 is 0. The molecule has 0 aliphatic heterocycles. The summed E-state index contributed by atoms with van der Waals surface area (Å²) in [7, 11) is 0. The minimum Gasteiger partial charge on any atom is -0.396 e. The molecule has 0 fully saturated rings. The number of aliphatic hydroxyl groups is 1. The smallest absolute Gasteiger partial charge is 0.0471 e. The Balaban J connectivity index is 3.00. The zero-order chi connectivity index (χ0) is 8.97. The molecule has 1 nitrogen and oxygen atoms in total. The summed E-state index contributed by atoms with van der Waals surface area (Å²) in [5.74, 6) is 0. The van der Waals surface area contributed by atoms with Crippen LogP contribution in [0.1, 0.15) is 18.1 Å². The molecule has 1 aromatic rings. The van der Waals surface area contributed by atoms with E-state index in [0.29, 0.717) is 6.42 Å². The first-order chi connectivity index (χ1) is 5.75. The largest absolute Gasteiger partial charge is 0.396 e. The quantitative estimate of drug-likeness (QED) is 0.722. The Labute approximate surface area is 73.4 Å². The van der Waals surface area contributed by atoms with Crippen molar-refractivity contribution >= 4 is 5.57 Å². The van der Waals surface area contributed by atoms with Crippen molar-refractivity contribution in [1.82, 2.24) is 0 Å². The van der Waals surface area contributed by atoms with Gasteiger partial charge in [-0.25, -0.2) is 0 Å². The molecule has 1 heteroatoms. The Bertz CT molecular complexity index is 276. The van der Waals surface area contributed by atoms with Crippen LogP contribution in [0.2, 0.25) is 0 Å². The van der Waals surface area contributed by atoms with Crippen molar-refractivity contribution < 1.29 is 5.11 Å². The van der Waals surface area contributed by atoms with E-state index in [-0.39, 0.29) is 6.61 Å². The molecule has 1 aromatic carbocycles. The summed E-state index contributed by atoms with van der Waals surface area (Å²) in [6, 6.07) is 8.04. The highest BCUT2D eigenvalue weighted by Crippen LogP contribution is 2.16. The van der Waals surface area contributed by atoms with Crippen LogP contribution in [0.3, 0.4) is 0 Å². The topological polar surface area (TPSA) is 20.2 Å². The minimum absolute atomic E-state index is 0.199. The van der Waals surface area contributed by atoms with Gasteiger partial charge < -0.3 is 5.11 Å². The van der Waals surface area contributed by atoms with E-state index in [1.54, 1.807) is 0 Å². The predicted molar refractivity (Wildman–Crippen MR) is 51.9 cm³/mol. The molecule has 0 unspecified atom stereocenters. The lowest BCUT2D eigenvalue weighted by molar-refractivity contribution is 0.299. The van der Waals surface area contributed by atoms with Gasteiger partial charge in [0.25, 0.3) is 0 Å². The average molecular weight is 162 g/mol. The molecule has 0 saturated heterocycles. The van der Waals surface area contributed by atoms with Crippen LogP contribution in [0, 0.1) is 0 Å². The van der Waals surface area contributed by atoms with Gasteiger partial charge in [-0.15, -0.1) is 0 Å². The monoisotopic (exact) mass is 162 g/mol. The zero-order valence-electron chi connectivity index (χ0n) is 7.38. The Morgan fingerprint density at radius 3 is 2.67 bits per heavy atom. The van der Waals surface area contributed by atoms with E-state index < -0.39 is 0 Å². The predicted octanol–water partition coefficient (Wildman–Crippen LogP) is 2.25. The van der Waals surface area contributed by atoms with E-state index in [2.05, 4.69) is 6.58 Å². The molecular weight excluding hydrogens is 148 g/mol. The van der Waals surface area contributed by atoms with Crippen molar-refractivity contribution in [3.63, 3.8) is 0 Å². The molecule has 0 aliphatic carbocycles. The van der Waals surface area contributed by atoms with E-state index in [1.807, 2.05) is 31.2 Å². The maximum absolute atomic E-state index is 8.80. The van der Waals surface area contributed by atoms with Crippen molar-refractivity contribution in [1.29, 1.82) is 0 Å². The highest BCUT2D eigenvalue weighted by molar-refractivity contribution is 5.64. The number of hydrogen-bond donors (Lipinski definition) is 1. The molecule has 0 saturated carbocycles. The van der Waals surface area contributed by atoms with Gasteiger partial charge in [0, 0.05) is 6.61 Å². The fourth-order valence-corrected chi connectivity index (χ4v) is 1.28. The lowest BCUT2D eigenvalue weighted by Crippen LogP contribution is -1.94. The molecular formula is C11H14O. The number of allylic oxidation sites excluding steroid dienone is 1. The molecule has 0 spiro atoms. The highest BCUT2D eigenvalue weighted by Gasteiger charge is 1.99. The summed E-state index contributed by atoms with van der Waals surface area (Å²) in [5.41, 5.74) is 3.39. The summed E-state index contributed by atoms with van der Waals surface area (Å²) < 4.78 is 0. The summed E-state index contributed by atoms with van der Waals surface area (Å²) in [4.78, 5) is 0. The first kappa shape index (κ1) is 9.01. The molecule has 0 aromatic heterocycles. The Hall–Kier alpha value is -1.08. The fourth-order valence-electron chi connectivity index (χ4n) is 1.28. The average Bonchev–Trinajstić information content (AvgIpc) is 2.05. The first-order valence-corrected chi connectivity index (χ1v) is 4.10. The van der Waals surface area contributed by atoms with Crippen LogP contribution in [0.4, 0.5) is 0 Å². The molecule has 1 rings (SSSR count). The summed E-state index contributed by atoms with van der Waals surface area (Å²) in [5, 5.41) is 8.80. The Morgan fingerprint density at radius 1 is 1.42 bits per heavy atom. The van der Waals surface area contributed by atoms with E-state index in [4.69, 9.17) is 5.11 Å². The van der Waals surface area contributed by atoms with Crippen LogP contribution in [0.25, 0.3) is 5.57 Å². The lowest BCUT2D eigenvalue weighted by atomic mass is 10.0. The Morgan fingerprint density at radius 2 is 2.08 bits per heavy atom. The van der Waals surface area contributed by atoms with Crippen LogP contribution in [0.15, 0.2) is 30.8 Å². The number of hydrogen-bond acceptors (Lipinski definition) is 1. The van der Waals surface area contributed by atoms with Crippen LogP contribution in [-0.2, 0) is 6.42 Å². The number of rotatable bonds is 3. The third-order valence-electron chi connectivity index (χ3n) is 1.86. The normalized spacial score (nSPS) is 9.83. The first-order valence-electron chi connectivity index (χ1n) is 4.10. The van der Waals surface area contributed by atoms with Gasteiger partial charge in [0.2, 0.25) is 0 Å². The van der Waals surface area contributed by atoms with Gasteiger partial charge >= 0.3 is 0 Å². The molecule has 0 atom stereocenters. The van der Waals surface area contributed by atoms with Gasteiger partial charge in [0.05, 0.1) is 0 Å². The lowest BCUT2D eigenvalue weighted by Gasteiger charge is -2.06. The second-order valence-electron chi connectivity index (χ2n) is 2.91. The number of aliphatic hydroxyl groups excluding tert-OH is 1. The van der Waals surface area contributed by atoms with Crippen molar-refractivity contribution in [2.24, 2.45) is 0 Å².